The highest BCUT2D eigenvalue weighted by molar-refractivity contribution is 5.88. The summed E-state index contributed by atoms with van der Waals surface area (Å²) in [6.45, 7) is 6.67. The first-order valence-corrected chi connectivity index (χ1v) is 12.2. The predicted molar refractivity (Wildman–Crippen MR) is 113 cm³/mol. The number of hydrogen-bond donors (Lipinski definition) is 2. The minimum atomic E-state index is -1.00. The number of ether oxygens (including phenoxy) is 2. The number of ketones is 1. The third kappa shape index (κ3) is 3.07. The Hall–Kier alpha value is -0.980. The molecule has 0 aromatic heterocycles. The zero-order valence-electron chi connectivity index (χ0n) is 19.2. The number of hydrogen-bond acceptors (Lipinski definition) is 6. The summed E-state index contributed by atoms with van der Waals surface area (Å²) >= 11 is 0. The van der Waals surface area contributed by atoms with Gasteiger partial charge >= 0.3 is 5.97 Å². The maximum atomic E-state index is 13.5. The van der Waals surface area contributed by atoms with Crippen molar-refractivity contribution in [3.63, 3.8) is 0 Å². The Morgan fingerprint density at radius 3 is 2.55 bits per heavy atom. The molecule has 5 aliphatic rings. The van der Waals surface area contributed by atoms with Gasteiger partial charge in [0.2, 0.25) is 6.29 Å². The average Bonchev–Trinajstić information content (AvgIpc) is 2.87. The molecule has 4 aliphatic carbocycles. The second kappa shape index (κ2) is 7.01. The molecule has 1 spiro atoms. The van der Waals surface area contributed by atoms with Gasteiger partial charge in [-0.2, -0.15) is 0 Å². The van der Waals surface area contributed by atoms with Gasteiger partial charge in [-0.05, 0) is 74.5 Å². The molecule has 6 nitrogen and oxygen atoms in total. The van der Waals surface area contributed by atoms with Gasteiger partial charge in [-0.1, -0.05) is 20.3 Å². The van der Waals surface area contributed by atoms with E-state index in [9.17, 15) is 19.8 Å². The maximum Gasteiger partial charge on any atom is 0.314 e. The van der Waals surface area contributed by atoms with E-state index < -0.39 is 23.9 Å². The lowest BCUT2D eigenvalue weighted by molar-refractivity contribution is -0.247. The third-order valence-electron chi connectivity index (χ3n) is 10.3. The maximum absolute atomic E-state index is 13.5. The number of fused-ring (bicyclic) bond motifs is 3. The molecular formula is C25H38O6. The zero-order valence-corrected chi connectivity index (χ0v) is 19.2. The van der Waals surface area contributed by atoms with Crippen LogP contribution in [0.2, 0.25) is 0 Å². The van der Waals surface area contributed by atoms with Gasteiger partial charge in [0.1, 0.15) is 11.9 Å². The van der Waals surface area contributed by atoms with Crippen LogP contribution in [0, 0.1) is 33.5 Å². The van der Waals surface area contributed by atoms with E-state index in [1.165, 1.54) is 0 Å². The summed E-state index contributed by atoms with van der Waals surface area (Å²) in [7, 11) is 0. The molecule has 9 atom stereocenters. The van der Waals surface area contributed by atoms with Crippen molar-refractivity contribution in [2.45, 2.75) is 103 Å². The molecule has 1 aliphatic heterocycles. The van der Waals surface area contributed by atoms with Crippen LogP contribution in [0.1, 0.15) is 85.0 Å². The molecule has 0 amide bonds. The smallest absolute Gasteiger partial charge is 0.314 e. The molecule has 6 heteroatoms. The molecule has 2 bridgehead atoms. The van der Waals surface area contributed by atoms with E-state index in [1.54, 1.807) is 0 Å². The van der Waals surface area contributed by atoms with E-state index in [2.05, 4.69) is 13.8 Å². The van der Waals surface area contributed by atoms with E-state index in [-0.39, 0.29) is 41.2 Å². The molecule has 1 saturated heterocycles. The van der Waals surface area contributed by atoms with Crippen LogP contribution in [0.3, 0.4) is 0 Å². The molecule has 0 radical (unpaired) electrons. The van der Waals surface area contributed by atoms with E-state index in [4.69, 9.17) is 9.47 Å². The molecule has 1 heterocycles. The molecule has 2 N–H and O–H groups in total. The van der Waals surface area contributed by atoms with Gasteiger partial charge in [-0.25, -0.2) is 0 Å². The van der Waals surface area contributed by atoms with Crippen molar-refractivity contribution in [2.75, 3.05) is 6.61 Å². The predicted octanol–water partition coefficient (Wildman–Crippen LogP) is 3.37. The Labute approximate surface area is 185 Å². The van der Waals surface area contributed by atoms with Crippen LogP contribution in [-0.2, 0) is 19.1 Å². The van der Waals surface area contributed by atoms with Crippen molar-refractivity contribution in [1.29, 1.82) is 0 Å². The van der Waals surface area contributed by atoms with Gasteiger partial charge in [0.25, 0.3) is 0 Å². The van der Waals surface area contributed by atoms with Crippen LogP contribution in [0.4, 0.5) is 0 Å². The summed E-state index contributed by atoms with van der Waals surface area (Å²) in [6.07, 6.45) is 6.09. The van der Waals surface area contributed by atoms with Gasteiger partial charge in [0.15, 0.2) is 0 Å². The first kappa shape index (κ1) is 21.8. The molecular weight excluding hydrogens is 396 g/mol. The largest absolute Gasteiger partial charge is 0.432 e. The summed E-state index contributed by atoms with van der Waals surface area (Å²) in [5.74, 6) is 0.879. The van der Waals surface area contributed by atoms with E-state index >= 15 is 0 Å². The number of carbonyl (C=O) groups excluding carboxylic acids is 2. The number of Topliss-reactive ketones (excluding diaryl/α,β-unsaturated/α-hetero) is 1. The molecule has 5 fully saturated rings. The lowest BCUT2D eigenvalue weighted by Crippen LogP contribution is -2.59. The first-order chi connectivity index (χ1) is 14.5. The lowest BCUT2D eigenvalue weighted by Gasteiger charge is -2.64. The lowest BCUT2D eigenvalue weighted by atomic mass is 9.40. The highest BCUT2D eigenvalue weighted by Crippen LogP contribution is 2.73. The van der Waals surface area contributed by atoms with Gasteiger partial charge in [-0.3, -0.25) is 9.59 Å². The van der Waals surface area contributed by atoms with Crippen LogP contribution in [0.25, 0.3) is 0 Å². The van der Waals surface area contributed by atoms with Crippen molar-refractivity contribution < 1.29 is 29.3 Å². The summed E-state index contributed by atoms with van der Waals surface area (Å²) < 4.78 is 11.2. The Balaban J connectivity index is 1.39. The Morgan fingerprint density at radius 1 is 1.06 bits per heavy atom. The zero-order chi connectivity index (χ0) is 22.2. The van der Waals surface area contributed by atoms with Gasteiger partial charge < -0.3 is 19.7 Å². The summed E-state index contributed by atoms with van der Waals surface area (Å²) in [5.41, 5.74) is -0.596. The van der Waals surface area contributed by atoms with E-state index in [0.29, 0.717) is 11.7 Å². The van der Waals surface area contributed by atoms with Crippen molar-refractivity contribution in [1.82, 2.24) is 0 Å². The van der Waals surface area contributed by atoms with Gasteiger partial charge in [0.05, 0.1) is 18.1 Å². The van der Waals surface area contributed by atoms with Crippen molar-refractivity contribution in [3.8, 4) is 0 Å². The number of aliphatic hydroxyl groups excluding tert-OH is 2. The number of carbonyl (C=O) groups is 2. The summed E-state index contributed by atoms with van der Waals surface area (Å²) in [4.78, 5) is 26.4. The molecule has 174 valence electrons. The topological polar surface area (TPSA) is 93.1 Å². The molecule has 31 heavy (non-hydrogen) atoms. The molecule has 0 aromatic rings. The molecule has 9 unspecified atom stereocenters. The highest BCUT2D eigenvalue weighted by atomic mass is 16.7. The van der Waals surface area contributed by atoms with Crippen LogP contribution < -0.4 is 0 Å². The standard InChI is InChI=1S/C25H38O6/c1-22-9-5-18-23(2)7-4-8-24(3,17(23)6-10-25(18,14-22)12-19(22)28)21(29)31-20-16(27)11-15(26)13-30-20/h15-18,20,26-27H,4-14H2,1-3H3. The van der Waals surface area contributed by atoms with E-state index in [0.717, 1.165) is 57.8 Å². The Bertz CT molecular complexity index is 782. The summed E-state index contributed by atoms with van der Waals surface area (Å²) in [6, 6.07) is 0. The van der Waals surface area contributed by atoms with Crippen molar-refractivity contribution in [3.05, 3.63) is 0 Å². The van der Waals surface area contributed by atoms with Crippen LogP contribution >= 0.6 is 0 Å². The normalized spacial score (nSPS) is 54.1. The van der Waals surface area contributed by atoms with Crippen LogP contribution in [0.15, 0.2) is 0 Å². The minimum absolute atomic E-state index is 0.0262. The number of esters is 1. The quantitative estimate of drug-likeness (QED) is 0.648. The van der Waals surface area contributed by atoms with Crippen molar-refractivity contribution in [2.24, 2.45) is 33.5 Å². The molecule has 0 aromatic carbocycles. The minimum Gasteiger partial charge on any atom is -0.432 e. The Kier molecular flexibility index (Phi) is 4.94. The first-order valence-electron chi connectivity index (χ1n) is 12.2. The van der Waals surface area contributed by atoms with E-state index in [1.807, 2.05) is 6.92 Å². The van der Waals surface area contributed by atoms with Gasteiger partial charge in [-0.15, -0.1) is 0 Å². The second-order valence-electron chi connectivity index (χ2n) is 12.2. The van der Waals surface area contributed by atoms with Crippen LogP contribution in [0.5, 0.6) is 0 Å². The fraction of sp³-hybridized carbons (Fsp3) is 0.920. The fourth-order valence-electron chi connectivity index (χ4n) is 8.88. The van der Waals surface area contributed by atoms with Crippen molar-refractivity contribution >= 4 is 11.8 Å². The Morgan fingerprint density at radius 2 is 1.81 bits per heavy atom. The fourth-order valence-corrected chi connectivity index (χ4v) is 8.88. The average molecular weight is 435 g/mol. The SMILES string of the molecule is CC12CCC3C(CCC4C(C)(C(=O)OC5OCC(O)CC5O)CCCC34C)(CC1=O)C2. The number of rotatable bonds is 2. The molecule has 5 rings (SSSR count). The number of aliphatic hydroxyl groups is 2. The third-order valence-corrected chi connectivity index (χ3v) is 10.3. The monoisotopic (exact) mass is 434 g/mol. The molecule has 4 saturated carbocycles. The van der Waals surface area contributed by atoms with Crippen LogP contribution in [-0.4, -0.2) is 47.1 Å². The highest BCUT2D eigenvalue weighted by Gasteiger charge is 2.68. The van der Waals surface area contributed by atoms with Gasteiger partial charge in [0, 0.05) is 18.3 Å². The second-order valence-corrected chi connectivity index (χ2v) is 12.2. The summed E-state index contributed by atoms with van der Waals surface area (Å²) in [5, 5.41) is 19.9.